The molecule has 0 saturated carbocycles. The van der Waals surface area contributed by atoms with Crippen molar-refractivity contribution >= 4 is 34.1 Å². The summed E-state index contributed by atoms with van der Waals surface area (Å²) in [6.45, 7) is 8.25. The average Bonchev–Trinajstić information content (AvgIpc) is 2.27. The van der Waals surface area contributed by atoms with Crippen LogP contribution in [0.2, 0.25) is 0 Å². The van der Waals surface area contributed by atoms with Crippen LogP contribution in [-0.2, 0) is 6.42 Å². The van der Waals surface area contributed by atoms with E-state index in [9.17, 15) is 0 Å². The summed E-state index contributed by atoms with van der Waals surface area (Å²) in [5.41, 5.74) is 1.14. The van der Waals surface area contributed by atoms with Gasteiger partial charge >= 0.3 is 0 Å². The average molecular weight is 304 g/mol. The Morgan fingerprint density at radius 2 is 1.94 bits per heavy atom. The number of hydrogen-bond acceptors (Lipinski definition) is 3. The predicted octanol–water partition coefficient (Wildman–Crippen LogP) is 3.70. The van der Waals surface area contributed by atoms with E-state index in [-0.39, 0.29) is 0 Å². The highest BCUT2D eigenvalue weighted by atomic mass is 79.9. The van der Waals surface area contributed by atoms with E-state index >= 15 is 0 Å². The quantitative estimate of drug-likeness (QED) is 0.842. The van der Waals surface area contributed by atoms with Crippen LogP contribution in [0.15, 0.2) is 4.47 Å². The first kappa shape index (κ1) is 13.6. The number of aromatic amines is 1. The van der Waals surface area contributed by atoms with Gasteiger partial charge in [0.15, 0.2) is 0 Å². The van der Waals surface area contributed by atoms with E-state index < -0.39 is 0 Å². The molecule has 0 aliphatic heterocycles. The predicted molar refractivity (Wildman–Crippen MR) is 74.7 cm³/mol. The molecule has 0 unspecified atom stereocenters. The molecule has 1 N–H and O–H groups in total. The van der Waals surface area contributed by atoms with Crippen molar-refractivity contribution in [2.24, 2.45) is 0 Å². The lowest BCUT2D eigenvalue weighted by molar-refractivity contribution is 0.791. The molecule has 16 heavy (non-hydrogen) atoms. The van der Waals surface area contributed by atoms with Gasteiger partial charge in [0.2, 0.25) is 5.95 Å². The van der Waals surface area contributed by atoms with Gasteiger partial charge < -0.3 is 9.88 Å². The maximum absolute atomic E-state index is 5.25. The minimum Gasteiger partial charge on any atom is -0.343 e. The topological polar surface area (TPSA) is 31.9 Å². The van der Waals surface area contributed by atoms with Crippen LogP contribution in [0.4, 0.5) is 5.95 Å². The van der Waals surface area contributed by atoms with Crippen molar-refractivity contribution in [2.45, 2.75) is 33.6 Å². The Kier molecular flexibility index (Phi) is 5.41. The van der Waals surface area contributed by atoms with Crippen molar-refractivity contribution in [3.8, 4) is 0 Å². The molecule has 0 fully saturated rings. The maximum atomic E-state index is 5.25. The van der Waals surface area contributed by atoms with Gasteiger partial charge in [-0.2, -0.15) is 0 Å². The van der Waals surface area contributed by atoms with Crippen LogP contribution in [0, 0.1) is 4.64 Å². The first-order valence-corrected chi connectivity index (χ1v) is 6.87. The Hall–Kier alpha value is -0.420. The van der Waals surface area contributed by atoms with Crippen LogP contribution in [0.5, 0.6) is 0 Å². The standard InChI is InChI=1S/C11H18BrN3S/c1-4-7-8-9(12)10(16)14-11(13-8)15(5-2)6-3/h4-7H2,1-3H3,(H,13,14,16). The highest BCUT2D eigenvalue weighted by molar-refractivity contribution is 9.10. The van der Waals surface area contributed by atoms with Gasteiger partial charge in [0.25, 0.3) is 0 Å². The van der Waals surface area contributed by atoms with Gasteiger partial charge in [-0.15, -0.1) is 0 Å². The number of nitrogens with one attached hydrogen (secondary N) is 1. The molecule has 1 rings (SSSR count). The third kappa shape index (κ3) is 3.04. The third-order valence-electron chi connectivity index (χ3n) is 2.49. The molecule has 0 atom stereocenters. The first-order valence-electron chi connectivity index (χ1n) is 5.67. The summed E-state index contributed by atoms with van der Waals surface area (Å²) in [5, 5.41) is 0. The van der Waals surface area contributed by atoms with Crippen LogP contribution in [-0.4, -0.2) is 23.1 Å². The van der Waals surface area contributed by atoms with Gasteiger partial charge in [-0.05, 0) is 36.2 Å². The zero-order valence-electron chi connectivity index (χ0n) is 10.0. The monoisotopic (exact) mass is 303 g/mol. The molecular weight excluding hydrogens is 286 g/mol. The second kappa shape index (κ2) is 6.35. The van der Waals surface area contributed by atoms with Gasteiger partial charge in [0, 0.05) is 18.8 Å². The van der Waals surface area contributed by atoms with E-state index in [0.717, 1.165) is 42.0 Å². The molecule has 0 aromatic carbocycles. The molecule has 5 heteroatoms. The Morgan fingerprint density at radius 3 is 2.44 bits per heavy atom. The minimum absolute atomic E-state index is 0.643. The number of hydrogen-bond donors (Lipinski definition) is 1. The first-order chi connectivity index (χ1) is 7.63. The fraction of sp³-hybridized carbons (Fsp3) is 0.636. The van der Waals surface area contributed by atoms with Crippen LogP contribution in [0.3, 0.4) is 0 Å². The zero-order chi connectivity index (χ0) is 12.1. The molecular formula is C11H18BrN3S. The molecule has 0 radical (unpaired) electrons. The molecule has 0 aliphatic carbocycles. The van der Waals surface area contributed by atoms with Crippen LogP contribution in [0.1, 0.15) is 32.9 Å². The highest BCUT2D eigenvalue weighted by Crippen LogP contribution is 2.20. The number of nitrogens with zero attached hydrogens (tertiary/aromatic N) is 2. The van der Waals surface area contributed by atoms with E-state index in [4.69, 9.17) is 12.2 Å². The SMILES string of the molecule is CCCc1[nH]c(N(CC)CC)nc(=S)c1Br. The summed E-state index contributed by atoms with van der Waals surface area (Å²) in [7, 11) is 0. The van der Waals surface area contributed by atoms with E-state index in [0.29, 0.717) is 4.64 Å². The number of halogens is 1. The zero-order valence-corrected chi connectivity index (χ0v) is 12.4. The number of aromatic nitrogens is 2. The summed E-state index contributed by atoms with van der Waals surface area (Å²) < 4.78 is 1.57. The van der Waals surface area contributed by atoms with Gasteiger partial charge in [-0.1, -0.05) is 25.6 Å². The number of aryl methyl sites for hydroxylation is 1. The molecule has 0 bridgehead atoms. The Bertz CT molecular complexity index is 399. The lowest BCUT2D eigenvalue weighted by atomic mass is 10.2. The van der Waals surface area contributed by atoms with Gasteiger partial charge in [0.05, 0.1) is 4.47 Å². The number of rotatable bonds is 5. The summed E-state index contributed by atoms with van der Waals surface area (Å²) in [5.74, 6) is 0.877. The summed E-state index contributed by atoms with van der Waals surface area (Å²) in [6.07, 6.45) is 2.08. The smallest absolute Gasteiger partial charge is 0.204 e. The molecule has 90 valence electrons. The lowest BCUT2D eigenvalue weighted by Gasteiger charge is -2.20. The summed E-state index contributed by atoms with van der Waals surface area (Å²) in [6, 6.07) is 0. The molecule has 0 aliphatic rings. The lowest BCUT2D eigenvalue weighted by Crippen LogP contribution is -2.24. The molecule has 1 aromatic heterocycles. The van der Waals surface area contributed by atoms with Crippen LogP contribution < -0.4 is 4.90 Å². The molecule has 0 saturated heterocycles. The molecule has 0 amide bonds. The Balaban J connectivity index is 3.17. The number of H-pyrrole nitrogens is 1. The second-order valence-corrected chi connectivity index (χ2v) is 4.76. The van der Waals surface area contributed by atoms with Gasteiger partial charge in [-0.3, -0.25) is 0 Å². The Labute approximate surface area is 110 Å². The summed E-state index contributed by atoms with van der Waals surface area (Å²) in [4.78, 5) is 9.92. The molecule has 3 nitrogen and oxygen atoms in total. The van der Waals surface area contributed by atoms with Crippen molar-refractivity contribution in [2.75, 3.05) is 18.0 Å². The second-order valence-electron chi connectivity index (χ2n) is 3.58. The van der Waals surface area contributed by atoms with Gasteiger partial charge in [-0.25, -0.2) is 4.98 Å². The molecule has 0 spiro atoms. The molecule has 1 heterocycles. The van der Waals surface area contributed by atoms with Crippen molar-refractivity contribution in [3.05, 3.63) is 14.8 Å². The van der Waals surface area contributed by atoms with Crippen molar-refractivity contribution in [1.29, 1.82) is 0 Å². The van der Waals surface area contributed by atoms with E-state index in [2.05, 4.69) is 51.6 Å². The number of anilines is 1. The third-order valence-corrected chi connectivity index (χ3v) is 3.90. The van der Waals surface area contributed by atoms with Crippen molar-refractivity contribution in [1.82, 2.24) is 9.97 Å². The van der Waals surface area contributed by atoms with E-state index in [1.54, 1.807) is 0 Å². The van der Waals surface area contributed by atoms with Gasteiger partial charge in [0.1, 0.15) is 4.64 Å². The van der Waals surface area contributed by atoms with Crippen LogP contribution >= 0.6 is 28.1 Å². The van der Waals surface area contributed by atoms with Crippen molar-refractivity contribution < 1.29 is 0 Å². The summed E-state index contributed by atoms with van der Waals surface area (Å²) >= 11 is 8.74. The fourth-order valence-corrected chi connectivity index (χ4v) is 2.18. The highest BCUT2D eigenvalue weighted by Gasteiger charge is 2.09. The largest absolute Gasteiger partial charge is 0.343 e. The van der Waals surface area contributed by atoms with Crippen molar-refractivity contribution in [3.63, 3.8) is 0 Å². The normalized spacial score (nSPS) is 10.5. The molecule has 1 aromatic rings. The van der Waals surface area contributed by atoms with Crippen LogP contribution in [0.25, 0.3) is 0 Å². The van der Waals surface area contributed by atoms with E-state index in [1.807, 2.05) is 0 Å². The minimum atomic E-state index is 0.643. The maximum Gasteiger partial charge on any atom is 0.204 e. The fourth-order valence-electron chi connectivity index (χ4n) is 1.59. The Morgan fingerprint density at radius 1 is 1.31 bits per heavy atom. The van der Waals surface area contributed by atoms with E-state index in [1.165, 1.54) is 0 Å².